The van der Waals surface area contributed by atoms with Gasteiger partial charge in [-0.15, -0.1) is 24.0 Å². The molecule has 0 atom stereocenters. The molecule has 25 heavy (non-hydrogen) atoms. The van der Waals surface area contributed by atoms with E-state index < -0.39 is 0 Å². The Morgan fingerprint density at radius 2 is 1.88 bits per heavy atom. The van der Waals surface area contributed by atoms with E-state index in [2.05, 4.69) is 38.4 Å². The summed E-state index contributed by atoms with van der Waals surface area (Å²) in [7, 11) is 3.20. The van der Waals surface area contributed by atoms with E-state index in [1.807, 2.05) is 30.3 Å². The number of guanidine groups is 1. The maximum Gasteiger partial charge on any atom is 0.193 e. The number of ether oxygens (including phenoxy) is 2. The minimum Gasteiger partial charge on any atom is -0.493 e. The Morgan fingerprint density at radius 1 is 1.12 bits per heavy atom. The van der Waals surface area contributed by atoms with Gasteiger partial charge in [-0.1, -0.05) is 28.1 Å². The van der Waals surface area contributed by atoms with Crippen molar-refractivity contribution < 1.29 is 9.47 Å². The molecule has 0 bridgehead atoms. The van der Waals surface area contributed by atoms with E-state index in [-0.39, 0.29) is 24.0 Å². The first-order valence-electron chi connectivity index (χ1n) is 7.66. The quantitative estimate of drug-likeness (QED) is 0.245. The van der Waals surface area contributed by atoms with Crippen LogP contribution in [0, 0.1) is 0 Å². The van der Waals surface area contributed by atoms with Gasteiger partial charge in [0.15, 0.2) is 17.5 Å². The van der Waals surface area contributed by atoms with Crippen LogP contribution in [0.25, 0.3) is 0 Å². The van der Waals surface area contributed by atoms with Crippen molar-refractivity contribution in [1.29, 1.82) is 0 Å². The number of methoxy groups -OCH3 is 2. The van der Waals surface area contributed by atoms with Gasteiger partial charge in [0.25, 0.3) is 0 Å². The number of nitrogens with one attached hydrogen (secondary N) is 1. The molecule has 2 aromatic rings. The monoisotopic (exact) mass is 519 g/mol. The van der Waals surface area contributed by atoms with Crippen molar-refractivity contribution in [2.24, 2.45) is 10.7 Å². The van der Waals surface area contributed by atoms with E-state index in [0.29, 0.717) is 24.0 Å². The smallest absolute Gasteiger partial charge is 0.193 e. The first-order chi connectivity index (χ1) is 11.6. The third-order valence-corrected chi connectivity index (χ3v) is 3.94. The van der Waals surface area contributed by atoms with Crippen LogP contribution in [0.3, 0.4) is 0 Å². The van der Waals surface area contributed by atoms with Gasteiger partial charge in [-0.3, -0.25) is 4.99 Å². The van der Waals surface area contributed by atoms with Crippen LogP contribution < -0.4 is 20.5 Å². The average molecular weight is 520 g/mol. The van der Waals surface area contributed by atoms with Crippen molar-refractivity contribution in [1.82, 2.24) is 0 Å². The van der Waals surface area contributed by atoms with Gasteiger partial charge in [-0.2, -0.15) is 0 Å². The van der Waals surface area contributed by atoms with E-state index >= 15 is 0 Å². The third kappa shape index (κ3) is 7.11. The fourth-order valence-corrected chi connectivity index (χ4v) is 2.72. The average Bonchev–Trinajstić information content (AvgIpc) is 2.58. The van der Waals surface area contributed by atoms with Gasteiger partial charge in [0.1, 0.15) is 0 Å². The summed E-state index contributed by atoms with van der Waals surface area (Å²) < 4.78 is 11.6. The second-order valence-electron chi connectivity index (χ2n) is 5.20. The number of hydrogen-bond donors (Lipinski definition) is 2. The highest BCUT2D eigenvalue weighted by Gasteiger charge is 2.05. The molecule has 0 amide bonds. The molecule has 0 spiro atoms. The Bertz CT molecular complexity index is 710. The molecule has 0 unspecified atom stereocenters. The highest BCUT2D eigenvalue weighted by Crippen LogP contribution is 2.29. The molecular formula is C18H23BrIN3O2. The van der Waals surface area contributed by atoms with Crippen LogP contribution in [0.15, 0.2) is 51.9 Å². The van der Waals surface area contributed by atoms with Crippen molar-refractivity contribution in [2.75, 3.05) is 26.1 Å². The molecule has 136 valence electrons. The number of benzene rings is 2. The third-order valence-electron chi connectivity index (χ3n) is 3.45. The molecule has 0 aliphatic heterocycles. The lowest BCUT2D eigenvalue weighted by atomic mass is 10.1. The molecule has 0 aliphatic carbocycles. The van der Waals surface area contributed by atoms with E-state index in [1.54, 1.807) is 14.2 Å². The molecule has 0 saturated heterocycles. The van der Waals surface area contributed by atoms with Crippen molar-refractivity contribution >= 4 is 51.6 Å². The Labute approximate surface area is 174 Å². The van der Waals surface area contributed by atoms with Crippen LogP contribution in [-0.2, 0) is 6.42 Å². The highest BCUT2D eigenvalue weighted by molar-refractivity contribution is 14.0. The lowest BCUT2D eigenvalue weighted by Gasteiger charge is -2.11. The van der Waals surface area contributed by atoms with Gasteiger partial charge in [0.2, 0.25) is 0 Å². The summed E-state index contributed by atoms with van der Waals surface area (Å²) in [6, 6.07) is 13.8. The van der Waals surface area contributed by atoms with Gasteiger partial charge in [0.05, 0.1) is 14.2 Å². The highest BCUT2D eigenvalue weighted by atomic mass is 127. The first kappa shape index (κ1) is 21.6. The molecule has 5 nitrogen and oxygen atoms in total. The van der Waals surface area contributed by atoms with Crippen LogP contribution in [0.1, 0.15) is 12.0 Å². The molecule has 0 heterocycles. The molecule has 7 heteroatoms. The number of aliphatic imine (C=N–C) groups is 1. The second kappa shape index (κ2) is 11.2. The SMILES string of the molecule is COc1ccc(NC(N)=NCCCc2cccc(Br)c2)cc1OC.I. The van der Waals surface area contributed by atoms with Gasteiger partial charge >= 0.3 is 0 Å². The van der Waals surface area contributed by atoms with E-state index in [0.717, 1.165) is 23.0 Å². The molecule has 0 fully saturated rings. The van der Waals surface area contributed by atoms with Crippen molar-refractivity contribution in [3.63, 3.8) is 0 Å². The summed E-state index contributed by atoms with van der Waals surface area (Å²) in [4.78, 5) is 4.35. The minimum absolute atomic E-state index is 0. The van der Waals surface area contributed by atoms with Crippen LogP contribution in [0.5, 0.6) is 11.5 Å². The summed E-state index contributed by atoms with van der Waals surface area (Å²) in [6.45, 7) is 0.665. The van der Waals surface area contributed by atoms with Crippen LogP contribution >= 0.6 is 39.9 Å². The molecule has 0 saturated carbocycles. The zero-order valence-corrected chi connectivity index (χ0v) is 18.2. The van der Waals surface area contributed by atoms with Crippen LogP contribution in [0.4, 0.5) is 5.69 Å². The molecule has 0 aliphatic rings. The Balaban J connectivity index is 0.00000312. The minimum atomic E-state index is 0. The van der Waals surface area contributed by atoms with Crippen molar-refractivity contribution in [2.45, 2.75) is 12.8 Å². The van der Waals surface area contributed by atoms with Gasteiger partial charge in [-0.05, 0) is 42.7 Å². The Morgan fingerprint density at radius 3 is 2.56 bits per heavy atom. The fraction of sp³-hybridized carbons (Fsp3) is 0.278. The lowest BCUT2D eigenvalue weighted by molar-refractivity contribution is 0.355. The molecule has 2 rings (SSSR count). The number of rotatable bonds is 7. The Hall–Kier alpha value is -1.48. The van der Waals surface area contributed by atoms with E-state index in [4.69, 9.17) is 15.2 Å². The van der Waals surface area contributed by atoms with Crippen LogP contribution in [-0.4, -0.2) is 26.7 Å². The molecule has 3 N–H and O–H groups in total. The molecular weight excluding hydrogens is 497 g/mol. The normalized spacial score (nSPS) is 10.8. The predicted octanol–water partition coefficient (Wildman–Crippen LogP) is 4.44. The number of nitrogens with zero attached hydrogens (tertiary/aromatic N) is 1. The molecule has 2 aromatic carbocycles. The maximum atomic E-state index is 5.93. The molecule has 0 aromatic heterocycles. The topological polar surface area (TPSA) is 68.9 Å². The zero-order valence-electron chi connectivity index (χ0n) is 14.3. The summed E-state index contributed by atoms with van der Waals surface area (Å²) in [5.41, 5.74) is 8.02. The summed E-state index contributed by atoms with van der Waals surface area (Å²) >= 11 is 3.48. The Kier molecular flexibility index (Phi) is 9.66. The first-order valence-corrected chi connectivity index (χ1v) is 8.45. The second-order valence-corrected chi connectivity index (χ2v) is 6.11. The largest absolute Gasteiger partial charge is 0.493 e. The fourth-order valence-electron chi connectivity index (χ4n) is 2.28. The number of hydrogen-bond acceptors (Lipinski definition) is 3. The summed E-state index contributed by atoms with van der Waals surface area (Å²) in [5, 5.41) is 3.06. The van der Waals surface area contributed by atoms with Crippen molar-refractivity contribution in [3.05, 3.63) is 52.5 Å². The number of halogens is 2. The number of nitrogens with two attached hydrogens (primary N) is 1. The summed E-state index contributed by atoms with van der Waals surface area (Å²) in [5.74, 6) is 1.70. The van der Waals surface area contributed by atoms with Crippen molar-refractivity contribution in [3.8, 4) is 11.5 Å². The van der Waals surface area contributed by atoms with Gasteiger partial charge in [-0.25, -0.2) is 0 Å². The number of anilines is 1. The standard InChI is InChI=1S/C18H22BrN3O2.HI/c1-23-16-9-8-15(12-17(16)24-2)22-18(20)21-10-4-6-13-5-3-7-14(19)11-13;/h3,5,7-9,11-12H,4,6,10H2,1-2H3,(H3,20,21,22);1H. The van der Waals surface area contributed by atoms with E-state index in [9.17, 15) is 0 Å². The summed E-state index contributed by atoms with van der Waals surface area (Å²) in [6.07, 6.45) is 1.90. The lowest BCUT2D eigenvalue weighted by Crippen LogP contribution is -2.22. The van der Waals surface area contributed by atoms with E-state index in [1.165, 1.54) is 5.56 Å². The zero-order chi connectivity index (χ0) is 17.4. The van der Waals surface area contributed by atoms with Crippen LogP contribution in [0.2, 0.25) is 0 Å². The number of aryl methyl sites for hydroxylation is 1. The molecule has 0 radical (unpaired) electrons. The predicted molar refractivity (Wildman–Crippen MR) is 118 cm³/mol. The van der Waals surface area contributed by atoms with Gasteiger partial charge in [0, 0.05) is 22.8 Å². The van der Waals surface area contributed by atoms with Gasteiger partial charge < -0.3 is 20.5 Å². The maximum absolute atomic E-state index is 5.93.